The predicted molar refractivity (Wildman–Crippen MR) is 93.7 cm³/mol. The first kappa shape index (κ1) is 17.2. The van der Waals surface area contributed by atoms with E-state index in [0.29, 0.717) is 0 Å². The van der Waals surface area contributed by atoms with Gasteiger partial charge in [0.1, 0.15) is 6.61 Å². The van der Waals surface area contributed by atoms with Gasteiger partial charge in [-0.2, -0.15) is 5.10 Å². The number of ether oxygens (including phenoxy) is 1. The van der Waals surface area contributed by atoms with E-state index in [1.807, 2.05) is 60.7 Å². The predicted octanol–water partition coefficient (Wildman–Crippen LogP) is 2.92. The Morgan fingerprint density at radius 1 is 1.04 bits per heavy atom. The molecule has 0 fully saturated rings. The second-order valence-corrected chi connectivity index (χ2v) is 5.50. The van der Waals surface area contributed by atoms with Gasteiger partial charge in [-0.3, -0.25) is 0 Å². The number of carboxylic acids is 1. The number of carboxylic acid groups (broad SMARTS) is 1. The largest absolute Gasteiger partial charge is 0.479 e. The Morgan fingerprint density at radius 2 is 1.69 bits per heavy atom. The van der Waals surface area contributed by atoms with Gasteiger partial charge in [-0.25, -0.2) is 14.3 Å². The van der Waals surface area contributed by atoms with Crippen molar-refractivity contribution < 1.29 is 19.4 Å². The summed E-state index contributed by atoms with van der Waals surface area (Å²) in [6.07, 6.45) is 0.813. The topological polar surface area (TPSA) is 93.5 Å². The minimum absolute atomic E-state index is 0.0530. The molecule has 1 aromatic heterocycles. The van der Waals surface area contributed by atoms with Crippen molar-refractivity contribution >= 4 is 12.1 Å². The summed E-state index contributed by atoms with van der Waals surface area (Å²) in [6.45, 7) is 0.0530. The fraction of sp³-hybridized carbons (Fsp3) is 0.105. The van der Waals surface area contributed by atoms with E-state index in [4.69, 9.17) is 4.74 Å². The van der Waals surface area contributed by atoms with Gasteiger partial charge in [0.2, 0.25) is 0 Å². The average Bonchev–Trinajstić information content (AvgIpc) is 3.15. The quantitative estimate of drug-likeness (QED) is 0.712. The van der Waals surface area contributed by atoms with Gasteiger partial charge in [-0.15, -0.1) is 0 Å². The fourth-order valence-corrected chi connectivity index (χ4v) is 2.36. The molecule has 26 heavy (non-hydrogen) atoms. The monoisotopic (exact) mass is 351 g/mol. The lowest BCUT2D eigenvalue weighted by Gasteiger charge is -2.12. The normalized spacial score (nSPS) is 11.5. The van der Waals surface area contributed by atoms with Crippen molar-refractivity contribution in [1.82, 2.24) is 15.1 Å². The van der Waals surface area contributed by atoms with Crippen LogP contribution < -0.4 is 5.32 Å². The summed E-state index contributed by atoms with van der Waals surface area (Å²) in [6, 6.07) is 18.6. The summed E-state index contributed by atoms with van der Waals surface area (Å²) in [5.74, 6) is -1.22. The highest BCUT2D eigenvalue weighted by Gasteiger charge is 2.25. The second-order valence-electron chi connectivity index (χ2n) is 5.50. The van der Waals surface area contributed by atoms with Crippen molar-refractivity contribution in [2.75, 3.05) is 0 Å². The Hall–Kier alpha value is -3.61. The molecule has 7 nitrogen and oxygen atoms in total. The van der Waals surface area contributed by atoms with E-state index in [0.717, 1.165) is 11.3 Å². The molecule has 0 radical (unpaired) electrons. The highest BCUT2D eigenvalue weighted by molar-refractivity contribution is 5.80. The maximum atomic E-state index is 12.0. The van der Waals surface area contributed by atoms with E-state index in [9.17, 15) is 14.7 Å². The summed E-state index contributed by atoms with van der Waals surface area (Å²) in [5.41, 5.74) is 1.80. The van der Waals surface area contributed by atoms with Gasteiger partial charge >= 0.3 is 12.1 Å². The van der Waals surface area contributed by atoms with Crippen molar-refractivity contribution in [3.8, 4) is 5.69 Å². The first-order chi connectivity index (χ1) is 12.6. The zero-order valence-electron chi connectivity index (χ0n) is 13.8. The number of benzene rings is 2. The van der Waals surface area contributed by atoms with Gasteiger partial charge in [0.05, 0.1) is 11.4 Å². The molecular weight excluding hydrogens is 334 g/mol. The molecule has 1 amide bonds. The number of nitrogens with zero attached hydrogens (tertiary/aromatic N) is 2. The first-order valence-corrected chi connectivity index (χ1v) is 7.94. The molecule has 0 aliphatic heterocycles. The van der Waals surface area contributed by atoms with Gasteiger partial charge in [0, 0.05) is 6.20 Å². The highest BCUT2D eigenvalue weighted by Crippen LogP contribution is 2.14. The molecule has 0 saturated carbocycles. The van der Waals surface area contributed by atoms with E-state index < -0.39 is 18.1 Å². The van der Waals surface area contributed by atoms with Crippen LogP contribution in [0.25, 0.3) is 5.69 Å². The number of para-hydroxylation sites is 1. The van der Waals surface area contributed by atoms with E-state index >= 15 is 0 Å². The molecule has 2 aromatic carbocycles. The van der Waals surface area contributed by atoms with Gasteiger partial charge in [0.15, 0.2) is 6.04 Å². The van der Waals surface area contributed by atoms with E-state index in [2.05, 4.69) is 10.4 Å². The summed E-state index contributed by atoms with van der Waals surface area (Å²) in [5, 5.41) is 16.0. The minimum Gasteiger partial charge on any atom is -0.479 e. The van der Waals surface area contributed by atoms with Crippen LogP contribution in [0.1, 0.15) is 17.3 Å². The molecule has 0 saturated heterocycles. The lowest BCUT2D eigenvalue weighted by atomic mass is 10.2. The molecule has 7 heteroatoms. The minimum atomic E-state index is -1.30. The molecule has 2 N–H and O–H groups in total. The number of hydrogen-bond acceptors (Lipinski definition) is 4. The Balaban J connectivity index is 1.67. The number of aliphatic carboxylic acids is 1. The summed E-state index contributed by atoms with van der Waals surface area (Å²) < 4.78 is 6.62. The number of amides is 1. The van der Waals surface area contributed by atoms with Crippen LogP contribution in [-0.2, 0) is 16.1 Å². The summed E-state index contributed by atoms with van der Waals surface area (Å²) in [7, 11) is 0. The molecule has 0 unspecified atom stereocenters. The van der Waals surface area contributed by atoms with Crippen molar-refractivity contribution in [2.24, 2.45) is 0 Å². The molecule has 0 aliphatic carbocycles. The van der Waals surface area contributed by atoms with E-state index in [-0.39, 0.29) is 12.3 Å². The maximum Gasteiger partial charge on any atom is 0.408 e. The lowest BCUT2D eigenvalue weighted by molar-refractivity contribution is -0.139. The zero-order valence-corrected chi connectivity index (χ0v) is 13.8. The van der Waals surface area contributed by atoms with Crippen molar-refractivity contribution in [1.29, 1.82) is 0 Å². The SMILES string of the molecule is O=C(N[C@@H](C(=O)O)c1ccn(-c2ccccc2)n1)OCc1ccccc1. The van der Waals surface area contributed by atoms with Crippen molar-refractivity contribution in [3.05, 3.63) is 84.2 Å². The number of carbonyl (C=O) groups excluding carboxylic acids is 1. The van der Waals surface area contributed by atoms with Crippen molar-refractivity contribution in [3.63, 3.8) is 0 Å². The van der Waals surface area contributed by atoms with Crippen LogP contribution in [0.3, 0.4) is 0 Å². The maximum absolute atomic E-state index is 12.0. The Kier molecular flexibility index (Phi) is 5.28. The Morgan fingerprint density at radius 3 is 2.35 bits per heavy atom. The molecule has 1 heterocycles. The third kappa shape index (κ3) is 4.27. The molecule has 0 spiro atoms. The van der Waals surface area contributed by atoms with Crippen LogP contribution >= 0.6 is 0 Å². The fourth-order valence-electron chi connectivity index (χ4n) is 2.36. The zero-order chi connectivity index (χ0) is 18.4. The van der Waals surface area contributed by atoms with Crippen LogP contribution in [0.2, 0.25) is 0 Å². The summed E-state index contributed by atoms with van der Waals surface area (Å²) in [4.78, 5) is 23.5. The van der Waals surface area contributed by atoms with Gasteiger partial charge < -0.3 is 15.2 Å². The van der Waals surface area contributed by atoms with Crippen LogP contribution in [0.5, 0.6) is 0 Å². The van der Waals surface area contributed by atoms with Crippen LogP contribution in [0.15, 0.2) is 72.9 Å². The molecular formula is C19H17N3O4. The van der Waals surface area contributed by atoms with Gasteiger partial charge in [-0.05, 0) is 23.8 Å². The van der Waals surface area contributed by atoms with E-state index in [1.165, 1.54) is 0 Å². The van der Waals surface area contributed by atoms with Crippen LogP contribution in [0, 0.1) is 0 Å². The van der Waals surface area contributed by atoms with Gasteiger partial charge in [-0.1, -0.05) is 48.5 Å². The van der Waals surface area contributed by atoms with Crippen LogP contribution in [-0.4, -0.2) is 26.9 Å². The molecule has 3 aromatic rings. The average molecular weight is 351 g/mol. The molecule has 3 rings (SSSR count). The van der Waals surface area contributed by atoms with Crippen molar-refractivity contribution in [2.45, 2.75) is 12.6 Å². The molecule has 1 atom stereocenters. The third-order valence-electron chi connectivity index (χ3n) is 3.65. The number of hydrogen-bond donors (Lipinski definition) is 2. The molecule has 0 bridgehead atoms. The van der Waals surface area contributed by atoms with Crippen LogP contribution in [0.4, 0.5) is 4.79 Å². The molecule has 132 valence electrons. The number of nitrogens with one attached hydrogen (secondary N) is 1. The number of carbonyl (C=O) groups is 2. The highest BCUT2D eigenvalue weighted by atomic mass is 16.5. The number of rotatable bonds is 6. The van der Waals surface area contributed by atoms with Gasteiger partial charge in [0.25, 0.3) is 0 Å². The lowest BCUT2D eigenvalue weighted by Crippen LogP contribution is -2.34. The third-order valence-corrected chi connectivity index (χ3v) is 3.65. The Bertz CT molecular complexity index is 878. The second kappa shape index (κ2) is 7.98. The number of alkyl carbamates (subject to hydrolysis) is 1. The Labute approximate surface area is 149 Å². The standard InChI is InChI=1S/C19H17N3O4/c23-18(24)17(20-19(25)26-13-14-7-3-1-4-8-14)16-11-12-22(21-16)15-9-5-2-6-10-15/h1-12,17H,13H2,(H,20,25)(H,23,24)/t17-/m1/s1. The molecule has 0 aliphatic rings. The summed E-state index contributed by atoms with van der Waals surface area (Å²) >= 11 is 0. The number of aromatic nitrogens is 2. The smallest absolute Gasteiger partial charge is 0.408 e. The van der Waals surface area contributed by atoms with E-state index in [1.54, 1.807) is 16.9 Å². The first-order valence-electron chi connectivity index (χ1n) is 7.94.